The molecule has 0 bridgehead atoms. The third-order valence-electron chi connectivity index (χ3n) is 3.14. The first-order chi connectivity index (χ1) is 10.3. The van der Waals surface area contributed by atoms with Crippen LogP contribution < -0.4 is 5.32 Å². The molecule has 0 atom stereocenters. The number of anilines is 1. The zero-order valence-electron chi connectivity index (χ0n) is 11.4. The highest BCUT2D eigenvalue weighted by molar-refractivity contribution is 6.09. The molecule has 2 aromatic carbocycles. The van der Waals surface area contributed by atoms with E-state index in [1.54, 1.807) is 24.6 Å². The molecule has 0 unspecified atom stereocenters. The van der Waals surface area contributed by atoms with Gasteiger partial charge in [-0.05, 0) is 17.7 Å². The van der Waals surface area contributed by atoms with Crippen molar-refractivity contribution in [1.29, 1.82) is 0 Å². The predicted octanol–water partition coefficient (Wildman–Crippen LogP) is 3.65. The molecule has 1 aliphatic rings. The zero-order chi connectivity index (χ0) is 14.5. The van der Waals surface area contributed by atoms with Crippen LogP contribution in [0.1, 0.15) is 11.1 Å². The van der Waals surface area contributed by atoms with Gasteiger partial charge in [-0.3, -0.25) is 9.79 Å². The van der Waals surface area contributed by atoms with E-state index < -0.39 is 0 Å². The number of nitrogens with one attached hydrogen (secondary N) is 1. The summed E-state index contributed by atoms with van der Waals surface area (Å²) in [6.07, 6.45) is 6.64. The van der Waals surface area contributed by atoms with E-state index in [1.165, 1.54) is 0 Å². The lowest BCUT2D eigenvalue weighted by Gasteiger charge is -2.07. The molecule has 3 heteroatoms. The lowest BCUT2D eigenvalue weighted by Crippen LogP contribution is -2.09. The second-order valence-corrected chi connectivity index (χ2v) is 4.64. The van der Waals surface area contributed by atoms with E-state index in [4.69, 9.17) is 0 Å². The molecule has 21 heavy (non-hydrogen) atoms. The average Bonchev–Trinajstić information content (AvgIpc) is 2.76. The minimum Gasteiger partial charge on any atom is -0.351 e. The Morgan fingerprint density at radius 3 is 2.62 bits per heavy atom. The van der Waals surface area contributed by atoms with E-state index in [0.29, 0.717) is 5.70 Å². The molecule has 0 amide bonds. The summed E-state index contributed by atoms with van der Waals surface area (Å²) in [6.45, 7) is 0. The Morgan fingerprint density at radius 2 is 1.76 bits per heavy atom. The number of aliphatic imine (C=N–C) groups is 1. The van der Waals surface area contributed by atoms with Crippen LogP contribution in [0.3, 0.4) is 0 Å². The van der Waals surface area contributed by atoms with Gasteiger partial charge in [0.1, 0.15) is 5.70 Å². The molecule has 1 N–H and O–H groups in total. The van der Waals surface area contributed by atoms with Crippen LogP contribution in [0.4, 0.5) is 5.69 Å². The van der Waals surface area contributed by atoms with Crippen LogP contribution in [0.15, 0.2) is 77.6 Å². The summed E-state index contributed by atoms with van der Waals surface area (Å²) in [5.74, 6) is -0.104. The molecule has 0 aliphatic carbocycles. The van der Waals surface area contributed by atoms with Gasteiger partial charge in [-0.15, -0.1) is 0 Å². The van der Waals surface area contributed by atoms with Gasteiger partial charge in [0.25, 0.3) is 0 Å². The first kappa shape index (κ1) is 13.1. The monoisotopic (exact) mass is 274 g/mol. The smallest absolute Gasteiger partial charge is 0.203 e. The number of fused-ring (bicyclic) bond motifs is 1. The second kappa shape index (κ2) is 6.01. The van der Waals surface area contributed by atoms with Crippen molar-refractivity contribution in [2.45, 2.75) is 0 Å². The maximum atomic E-state index is 12.2. The summed E-state index contributed by atoms with van der Waals surface area (Å²) < 4.78 is 0. The van der Waals surface area contributed by atoms with Gasteiger partial charge in [0, 0.05) is 17.5 Å². The average molecular weight is 274 g/mol. The van der Waals surface area contributed by atoms with E-state index in [1.807, 2.05) is 54.6 Å². The standard InChI is InChI=1S/C18H14N2O/c21-18(11-10-14-6-2-1-3-7-14)17-13-19-12-15-8-4-5-9-16(15)20-17/h1-13,20H/b11-10+. The molecule has 0 spiro atoms. The normalized spacial score (nSPS) is 13.2. The van der Waals surface area contributed by atoms with Gasteiger partial charge in [0.2, 0.25) is 5.78 Å². The Labute approximate surface area is 123 Å². The molecule has 0 aromatic heterocycles. The lowest BCUT2D eigenvalue weighted by atomic mass is 10.1. The maximum absolute atomic E-state index is 12.2. The van der Waals surface area contributed by atoms with E-state index >= 15 is 0 Å². The van der Waals surface area contributed by atoms with Gasteiger partial charge >= 0.3 is 0 Å². The number of para-hydroxylation sites is 1. The number of benzene rings is 2. The Morgan fingerprint density at radius 1 is 1.00 bits per heavy atom. The zero-order valence-corrected chi connectivity index (χ0v) is 11.4. The maximum Gasteiger partial charge on any atom is 0.203 e. The van der Waals surface area contributed by atoms with Crippen molar-refractivity contribution in [1.82, 2.24) is 0 Å². The minimum atomic E-state index is -0.104. The lowest BCUT2D eigenvalue weighted by molar-refractivity contribution is -0.111. The van der Waals surface area contributed by atoms with Gasteiger partial charge < -0.3 is 5.32 Å². The molecule has 0 saturated heterocycles. The van der Waals surface area contributed by atoms with Crippen molar-refractivity contribution in [3.05, 3.63) is 83.7 Å². The Hall–Kier alpha value is -2.94. The molecule has 3 rings (SSSR count). The number of rotatable bonds is 3. The summed E-state index contributed by atoms with van der Waals surface area (Å²) in [6, 6.07) is 17.5. The first-order valence-corrected chi connectivity index (χ1v) is 6.70. The number of carbonyl (C=O) groups excluding carboxylic acids is 1. The molecule has 2 aromatic rings. The Bertz CT molecular complexity index is 743. The highest BCUT2D eigenvalue weighted by Crippen LogP contribution is 2.18. The van der Waals surface area contributed by atoms with Crippen molar-refractivity contribution < 1.29 is 4.79 Å². The Balaban J connectivity index is 1.79. The van der Waals surface area contributed by atoms with E-state index in [9.17, 15) is 4.79 Å². The van der Waals surface area contributed by atoms with Crippen LogP contribution >= 0.6 is 0 Å². The van der Waals surface area contributed by atoms with Crippen molar-refractivity contribution in [3.63, 3.8) is 0 Å². The molecule has 0 radical (unpaired) electrons. The fraction of sp³-hybridized carbons (Fsp3) is 0. The van der Waals surface area contributed by atoms with Crippen LogP contribution in [-0.2, 0) is 4.79 Å². The number of carbonyl (C=O) groups is 1. The highest BCUT2D eigenvalue weighted by Gasteiger charge is 2.10. The third-order valence-corrected chi connectivity index (χ3v) is 3.14. The molecule has 1 aliphatic heterocycles. The highest BCUT2D eigenvalue weighted by atomic mass is 16.1. The molecule has 0 saturated carbocycles. The van der Waals surface area contributed by atoms with Crippen molar-refractivity contribution in [3.8, 4) is 0 Å². The first-order valence-electron chi connectivity index (χ1n) is 6.70. The van der Waals surface area contributed by atoms with E-state index in [0.717, 1.165) is 16.8 Å². The van der Waals surface area contributed by atoms with Crippen molar-refractivity contribution in [2.24, 2.45) is 4.99 Å². The summed E-state index contributed by atoms with van der Waals surface area (Å²) in [5, 5.41) is 3.13. The fourth-order valence-electron chi connectivity index (χ4n) is 2.04. The molecular formula is C18H14N2O. The third kappa shape index (κ3) is 3.15. The predicted molar refractivity (Wildman–Crippen MR) is 86.2 cm³/mol. The van der Waals surface area contributed by atoms with E-state index in [-0.39, 0.29) is 5.78 Å². The molecule has 1 heterocycles. The number of hydrogen-bond donors (Lipinski definition) is 1. The second-order valence-electron chi connectivity index (χ2n) is 4.64. The summed E-state index contributed by atoms with van der Waals surface area (Å²) >= 11 is 0. The topological polar surface area (TPSA) is 41.5 Å². The van der Waals surface area contributed by atoms with Crippen LogP contribution in [0.2, 0.25) is 0 Å². The van der Waals surface area contributed by atoms with Gasteiger partial charge in [-0.2, -0.15) is 0 Å². The van der Waals surface area contributed by atoms with E-state index in [2.05, 4.69) is 10.3 Å². The number of allylic oxidation sites excluding steroid dienone is 1. The molecule has 102 valence electrons. The Kier molecular flexibility index (Phi) is 3.74. The van der Waals surface area contributed by atoms with Crippen molar-refractivity contribution >= 4 is 23.8 Å². The summed E-state index contributed by atoms with van der Waals surface area (Å²) in [7, 11) is 0. The molecule has 0 fully saturated rings. The van der Waals surface area contributed by atoms with Gasteiger partial charge in [-0.1, -0.05) is 54.6 Å². The van der Waals surface area contributed by atoms with Crippen LogP contribution in [0.5, 0.6) is 0 Å². The van der Waals surface area contributed by atoms with Crippen molar-refractivity contribution in [2.75, 3.05) is 5.32 Å². The van der Waals surface area contributed by atoms with Crippen LogP contribution in [0, 0.1) is 0 Å². The molecular weight excluding hydrogens is 260 g/mol. The molecule has 3 nitrogen and oxygen atoms in total. The van der Waals surface area contributed by atoms with Gasteiger partial charge in [-0.25, -0.2) is 0 Å². The number of ketones is 1. The van der Waals surface area contributed by atoms with Crippen LogP contribution in [0.25, 0.3) is 6.08 Å². The van der Waals surface area contributed by atoms with Gasteiger partial charge in [0.15, 0.2) is 0 Å². The largest absolute Gasteiger partial charge is 0.351 e. The number of nitrogens with zero attached hydrogens (tertiary/aromatic N) is 1. The fourth-order valence-corrected chi connectivity index (χ4v) is 2.04. The summed E-state index contributed by atoms with van der Waals surface area (Å²) in [4.78, 5) is 16.4. The summed E-state index contributed by atoms with van der Waals surface area (Å²) in [5.41, 5.74) is 3.29. The quantitative estimate of drug-likeness (QED) is 0.868. The SMILES string of the molecule is O=C(/C=C/c1ccccc1)C1=CN=Cc2ccccc2N1. The minimum absolute atomic E-state index is 0.104. The number of hydrogen-bond acceptors (Lipinski definition) is 3. The van der Waals surface area contributed by atoms with Gasteiger partial charge in [0.05, 0.1) is 6.20 Å². The van der Waals surface area contributed by atoms with Crippen LogP contribution in [-0.4, -0.2) is 12.0 Å².